The van der Waals surface area contributed by atoms with Gasteiger partial charge in [-0.05, 0) is 24.1 Å². The highest BCUT2D eigenvalue weighted by atomic mass is 19.4. The van der Waals surface area contributed by atoms with Gasteiger partial charge in [-0.1, -0.05) is 48.5 Å². The minimum atomic E-state index is -5.39. The number of rotatable bonds is 5. The van der Waals surface area contributed by atoms with Gasteiger partial charge >= 0.3 is 11.9 Å². The molecular formula is C22H17F3N4O4. The van der Waals surface area contributed by atoms with Crippen LogP contribution in [0.4, 0.5) is 19.0 Å². The molecule has 0 bridgehead atoms. The molecule has 1 aliphatic rings. The molecule has 1 unspecified atom stereocenters. The zero-order valence-corrected chi connectivity index (χ0v) is 16.9. The van der Waals surface area contributed by atoms with E-state index in [1.54, 1.807) is 41.7 Å². The van der Waals surface area contributed by atoms with Crippen molar-refractivity contribution in [3.05, 3.63) is 98.2 Å². The molecular weight excluding hydrogens is 441 g/mol. The SMILES string of the molecule is O=C(NC1(C(F)(F)F)C(=O)Nc2c1c(=O)[nH]c(=O)n2CCc1ccccc1)c1ccccc1. The number of aromatic nitrogens is 2. The van der Waals surface area contributed by atoms with Crippen LogP contribution in [0.3, 0.4) is 0 Å². The lowest BCUT2D eigenvalue weighted by molar-refractivity contribution is -0.196. The van der Waals surface area contributed by atoms with Gasteiger partial charge in [0.15, 0.2) is 0 Å². The van der Waals surface area contributed by atoms with Crippen molar-refractivity contribution < 1.29 is 22.8 Å². The number of H-pyrrole nitrogens is 1. The molecule has 0 saturated heterocycles. The molecule has 1 aromatic heterocycles. The second-order valence-electron chi connectivity index (χ2n) is 7.39. The fourth-order valence-corrected chi connectivity index (χ4v) is 3.76. The average molecular weight is 458 g/mol. The molecule has 2 aromatic carbocycles. The molecule has 3 N–H and O–H groups in total. The number of nitrogens with one attached hydrogen (secondary N) is 3. The van der Waals surface area contributed by atoms with Gasteiger partial charge in [0.25, 0.3) is 22.9 Å². The second kappa shape index (κ2) is 8.08. The number of aromatic amines is 1. The van der Waals surface area contributed by atoms with Crippen molar-refractivity contribution in [3.63, 3.8) is 0 Å². The predicted octanol–water partition coefficient (Wildman–Crippen LogP) is 1.92. The first kappa shape index (κ1) is 22.1. The fourth-order valence-electron chi connectivity index (χ4n) is 3.76. The summed E-state index contributed by atoms with van der Waals surface area (Å²) in [5.41, 5.74) is -6.52. The van der Waals surface area contributed by atoms with E-state index >= 15 is 0 Å². The molecule has 33 heavy (non-hydrogen) atoms. The van der Waals surface area contributed by atoms with Crippen LogP contribution in [-0.2, 0) is 23.3 Å². The maximum atomic E-state index is 14.4. The van der Waals surface area contributed by atoms with Crippen LogP contribution < -0.4 is 21.9 Å². The summed E-state index contributed by atoms with van der Waals surface area (Å²) >= 11 is 0. The summed E-state index contributed by atoms with van der Waals surface area (Å²) in [6.07, 6.45) is -5.15. The van der Waals surface area contributed by atoms with Crippen LogP contribution in [0, 0.1) is 0 Å². The van der Waals surface area contributed by atoms with Gasteiger partial charge in [-0.25, -0.2) is 4.79 Å². The summed E-state index contributed by atoms with van der Waals surface area (Å²) in [5.74, 6) is -3.49. The Hall–Kier alpha value is -4.15. The minimum Gasteiger partial charge on any atom is -0.326 e. The molecule has 11 heteroatoms. The maximum absolute atomic E-state index is 14.4. The lowest BCUT2D eigenvalue weighted by atomic mass is 9.91. The highest BCUT2D eigenvalue weighted by molar-refractivity contribution is 6.09. The molecule has 0 fully saturated rings. The summed E-state index contributed by atoms with van der Waals surface area (Å²) in [5, 5.41) is 3.71. The number of carbonyl (C=O) groups excluding carboxylic acids is 2. The number of hydrogen-bond acceptors (Lipinski definition) is 4. The van der Waals surface area contributed by atoms with Gasteiger partial charge in [0.1, 0.15) is 11.4 Å². The number of carbonyl (C=O) groups is 2. The van der Waals surface area contributed by atoms with E-state index in [4.69, 9.17) is 0 Å². The van der Waals surface area contributed by atoms with E-state index in [1.807, 2.05) is 10.3 Å². The normalized spacial score (nSPS) is 17.4. The Bertz CT molecular complexity index is 1330. The summed E-state index contributed by atoms with van der Waals surface area (Å²) in [6, 6.07) is 15.8. The topological polar surface area (TPSA) is 113 Å². The van der Waals surface area contributed by atoms with Gasteiger partial charge in [-0.2, -0.15) is 13.2 Å². The lowest BCUT2D eigenvalue weighted by Gasteiger charge is -2.30. The molecule has 8 nitrogen and oxygen atoms in total. The number of anilines is 1. The Labute approximate surface area is 184 Å². The van der Waals surface area contributed by atoms with E-state index in [9.17, 15) is 32.3 Å². The lowest BCUT2D eigenvalue weighted by Crippen LogP contribution is -2.62. The third kappa shape index (κ3) is 3.71. The van der Waals surface area contributed by atoms with Crippen LogP contribution in [0.1, 0.15) is 21.5 Å². The van der Waals surface area contributed by atoms with Crippen LogP contribution in [-0.4, -0.2) is 27.5 Å². The molecule has 1 aliphatic heterocycles. The van der Waals surface area contributed by atoms with Gasteiger partial charge in [-0.3, -0.25) is 23.9 Å². The molecule has 2 amide bonds. The molecule has 4 rings (SSSR count). The maximum Gasteiger partial charge on any atom is 0.425 e. The van der Waals surface area contributed by atoms with Gasteiger partial charge in [0.2, 0.25) is 0 Å². The van der Waals surface area contributed by atoms with Crippen molar-refractivity contribution in [2.45, 2.75) is 24.7 Å². The van der Waals surface area contributed by atoms with Crippen molar-refractivity contribution in [1.82, 2.24) is 14.9 Å². The van der Waals surface area contributed by atoms with Crippen LogP contribution in [0.5, 0.6) is 0 Å². The van der Waals surface area contributed by atoms with Gasteiger partial charge in [0, 0.05) is 12.1 Å². The Morgan fingerprint density at radius 3 is 2.18 bits per heavy atom. The van der Waals surface area contributed by atoms with E-state index in [2.05, 4.69) is 0 Å². The summed E-state index contributed by atoms with van der Waals surface area (Å²) in [6.45, 7) is -0.122. The quantitative estimate of drug-likeness (QED) is 0.542. The zero-order chi connectivity index (χ0) is 23.8. The number of halogens is 3. The van der Waals surface area contributed by atoms with Gasteiger partial charge < -0.3 is 10.6 Å². The van der Waals surface area contributed by atoms with Crippen molar-refractivity contribution in [3.8, 4) is 0 Å². The average Bonchev–Trinajstić information content (AvgIpc) is 3.08. The van der Waals surface area contributed by atoms with Crippen LogP contribution in [0.25, 0.3) is 0 Å². The first-order chi connectivity index (χ1) is 15.6. The third-order valence-corrected chi connectivity index (χ3v) is 5.38. The van der Waals surface area contributed by atoms with Crippen molar-refractivity contribution in [2.24, 2.45) is 0 Å². The van der Waals surface area contributed by atoms with Gasteiger partial charge in [0.05, 0.1) is 0 Å². The molecule has 0 aliphatic carbocycles. The van der Waals surface area contributed by atoms with E-state index in [0.29, 0.717) is 0 Å². The van der Waals surface area contributed by atoms with E-state index in [-0.39, 0.29) is 18.5 Å². The molecule has 170 valence electrons. The second-order valence-corrected chi connectivity index (χ2v) is 7.39. The summed E-state index contributed by atoms with van der Waals surface area (Å²) in [7, 11) is 0. The first-order valence-corrected chi connectivity index (χ1v) is 9.82. The monoisotopic (exact) mass is 458 g/mol. The number of nitrogens with zero attached hydrogens (tertiary/aromatic N) is 1. The highest BCUT2D eigenvalue weighted by Crippen LogP contribution is 2.45. The van der Waals surface area contributed by atoms with E-state index < -0.39 is 46.2 Å². The van der Waals surface area contributed by atoms with Crippen molar-refractivity contribution in [2.75, 3.05) is 5.32 Å². The Balaban J connectivity index is 1.84. The standard InChI is InChI=1S/C22H17F3N4O4/c23-22(24,25)21(28-17(30)14-9-5-2-6-10-14)15-16(26-19(21)32)29(20(33)27-18(15)31)12-11-13-7-3-1-4-8-13/h1-10H,11-12H2,(H,26,32)(H,28,30)(H,27,31,33). The zero-order valence-electron chi connectivity index (χ0n) is 16.9. The molecule has 3 aromatic rings. The number of benzene rings is 2. The molecule has 2 heterocycles. The number of hydrogen-bond donors (Lipinski definition) is 3. The van der Waals surface area contributed by atoms with Crippen LogP contribution >= 0.6 is 0 Å². The number of alkyl halides is 3. The number of aryl methyl sites for hydroxylation is 1. The summed E-state index contributed by atoms with van der Waals surface area (Å²) in [4.78, 5) is 52.2. The van der Waals surface area contributed by atoms with E-state index in [1.165, 1.54) is 24.3 Å². The number of fused-ring (bicyclic) bond motifs is 1. The minimum absolute atomic E-state index is 0.122. The third-order valence-electron chi connectivity index (χ3n) is 5.38. The molecule has 1 atom stereocenters. The molecule has 0 saturated carbocycles. The van der Waals surface area contributed by atoms with E-state index in [0.717, 1.165) is 10.1 Å². The fraction of sp³-hybridized carbons (Fsp3) is 0.182. The predicted molar refractivity (Wildman–Crippen MR) is 112 cm³/mol. The van der Waals surface area contributed by atoms with Crippen molar-refractivity contribution >= 4 is 17.6 Å². The Morgan fingerprint density at radius 2 is 1.58 bits per heavy atom. The van der Waals surface area contributed by atoms with Crippen LogP contribution in [0.2, 0.25) is 0 Å². The Kier molecular flexibility index (Phi) is 5.40. The highest BCUT2D eigenvalue weighted by Gasteiger charge is 2.68. The smallest absolute Gasteiger partial charge is 0.326 e. The Morgan fingerprint density at radius 1 is 0.970 bits per heavy atom. The molecule has 0 spiro atoms. The number of amides is 2. The summed E-state index contributed by atoms with van der Waals surface area (Å²) < 4.78 is 44.0. The van der Waals surface area contributed by atoms with Crippen LogP contribution in [0.15, 0.2) is 70.3 Å². The first-order valence-electron chi connectivity index (χ1n) is 9.82. The molecule has 0 radical (unpaired) electrons. The van der Waals surface area contributed by atoms with Crippen molar-refractivity contribution in [1.29, 1.82) is 0 Å². The van der Waals surface area contributed by atoms with Gasteiger partial charge in [-0.15, -0.1) is 0 Å². The largest absolute Gasteiger partial charge is 0.425 e.